The van der Waals surface area contributed by atoms with Crippen molar-refractivity contribution in [2.75, 3.05) is 13.2 Å². The number of nitrogens with one attached hydrogen (secondary N) is 3. The SMILES string of the molecule is CC(C)NCc1cc(S(=O)(=O)NC2CCOC2)c[nH]1. The van der Waals surface area contributed by atoms with Gasteiger partial charge in [-0.2, -0.15) is 0 Å². The molecular formula is C12H21N3O3S. The van der Waals surface area contributed by atoms with Crippen LogP contribution in [0.4, 0.5) is 0 Å². The Hall–Kier alpha value is -0.890. The third-order valence-electron chi connectivity index (χ3n) is 2.98. The molecular weight excluding hydrogens is 266 g/mol. The lowest BCUT2D eigenvalue weighted by atomic mass is 10.3. The van der Waals surface area contributed by atoms with Crippen LogP contribution < -0.4 is 10.0 Å². The van der Waals surface area contributed by atoms with Crippen molar-refractivity contribution in [3.8, 4) is 0 Å². The van der Waals surface area contributed by atoms with Gasteiger partial charge in [-0.1, -0.05) is 13.8 Å². The Morgan fingerprint density at radius 1 is 1.53 bits per heavy atom. The number of H-pyrrole nitrogens is 1. The second kappa shape index (κ2) is 6.04. The number of aromatic nitrogens is 1. The summed E-state index contributed by atoms with van der Waals surface area (Å²) >= 11 is 0. The first kappa shape index (κ1) is 14.5. The van der Waals surface area contributed by atoms with Crippen molar-refractivity contribution in [3.05, 3.63) is 18.0 Å². The van der Waals surface area contributed by atoms with Crippen molar-refractivity contribution in [2.24, 2.45) is 0 Å². The van der Waals surface area contributed by atoms with Crippen LogP contribution >= 0.6 is 0 Å². The standard InChI is InChI=1S/C12H21N3O3S/c1-9(2)13-6-11-5-12(7-14-11)19(16,17)15-10-3-4-18-8-10/h5,7,9-10,13-15H,3-4,6,8H2,1-2H3. The van der Waals surface area contributed by atoms with Gasteiger partial charge in [0, 0.05) is 37.1 Å². The zero-order valence-corrected chi connectivity index (χ0v) is 12.1. The number of hydrogen-bond acceptors (Lipinski definition) is 4. The van der Waals surface area contributed by atoms with E-state index in [4.69, 9.17) is 4.74 Å². The highest BCUT2D eigenvalue weighted by molar-refractivity contribution is 7.89. The van der Waals surface area contributed by atoms with Crippen LogP contribution in [0.5, 0.6) is 0 Å². The minimum atomic E-state index is -3.45. The van der Waals surface area contributed by atoms with Crippen LogP contribution in [0.3, 0.4) is 0 Å². The van der Waals surface area contributed by atoms with Crippen molar-refractivity contribution in [1.29, 1.82) is 0 Å². The lowest BCUT2D eigenvalue weighted by Crippen LogP contribution is -2.34. The number of hydrogen-bond donors (Lipinski definition) is 3. The molecule has 7 heteroatoms. The Labute approximate surface area is 114 Å². The minimum Gasteiger partial charge on any atom is -0.380 e. The Balaban J connectivity index is 1.99. The summed E-state index contributed by atoms with van der Waals surface area (Å²) in [5.74, 6) is 0. The maximum Gasteiger partial charge on any atom is 0.242 e. The van der Waals surface area contributed by atoms with E-state index in [0.717, 1.165) is 12.1 Å². The van der Waals surface area contributed by atoms with E-state index >= 15 is 0 Å². The van der Waals surface area contributed by atoms with Gasteiger partial charge in [-0.05, 0) is 12.5 Å². The summed E-state index contributed by atoms with van der Waals surface area (Å²) in [6, 6.07) is 1.90. The van der Waals surface area contributed by atoms with E-state index < -0.39 is 10.0 Å². The molecule has 2 heterocycles. The molecule has 0 spiro atoms. The smallest absolute Gasteiger partial charge is 0.242 e. The van der Waals surface area contributed by atoms with E-state index in [0.29, 0.717) is 25.8 Å². The lowest BCUT2D eigenvalue weighted by molar-refractivity contribution is 0.192. The summed E-state index contributed by atoms with van der Waals surface area (Å²) in [6.45, 7) is 5.78. The maximum atomic E-state index is 12.1. The van der Waals surface area contributed by atoms with Crippen molar-refractivity contribution in [2.45, 2.75) is 43.8 Å². The summed E-state index contributed by atoms with van der Waals surface area (Å²) in [6.07, 6.45) is 2.25. The molecule has 1 atom stereocenters. The predicted octanol–water partition coefficient (Wildman–Crippen LogP) is 0.580. The Morgan fingerprint density at radius 2 is 2.32 bits per heavy atom. The van der Waals surface area contributed by atoms with E-state index in [9.17, 15) is 8.42 Å². The molecule has 3 N–H and O–H groups in total. The Morgan fingerprint density at radius 3 is 2.95 bits per heavy atom. The third kappa shape index (κ3) is 4.04. The zero-order chi connectivity index (χ0) is 13.9. The van der Waals surface area contributed by atoms with Gasteiger partial charge in [-0.25, -0.2) is 13.1 Å². The highest BCUT2D eigenvalue weighted by Gasteiger charge is 2.24. The number of ether oxygens (including phenoxy) is 1. The highest BCUT2D eigenvalue weighted by atomic mass is 32.2. The Kier molecular flexibility index (Phi) is 4.62. The minimum absolute atomic E-state index is 0.114. The molecule has 0 radical (unpaired) electrons. The van der Waals surface area contributed by atoms with Crippen LogP contribution in [-0.2, 0) is 21.3 Å². The highest BCUT2D eigenvalue weighted by Crippen LogP contribution is 2.13. The van der Waals surface area contributed by atoms with Gasteiger partial charge in [0.1, 0.15) is 0 Å². The van der Waals surface area contributed by atoms with Crippen LogP contribution in [0, 0.1) is 0 Å². The van der Waals surface area contributed by atoms with E-state index in [1.54, 1.807) is 6.07 Å². The average molecular weight is 287 g/mol. The fourth-order valence-corrected chi connectivity index (χ4v) is 3.18. The first-order valence-electron chi connectivity index (χ1n) is 6.48. The van der Waals surface area contributed by atoms with Gasteiger partial charge in [0.2, 0.25) is 10.0 Å². The molecule has 1 aromatic heterocycles. The molecule has 2 rings (SSSR count). The van der Waals surface area contributed by atoms with Gasteiger partial charge in [-0.15, -0.1) is 0 Å². The summed E-state index contributed by atoms with van der Waals surface area (Å²) in [5, 5.41) is 3.23. The van der Waals surface area contributed by atoms with Crippen molar-refractivity contribution in [3.63, 3.8) is 0 Å². The molecule has 0 saturated carbocycles. The second-order valence-corrected chi connectivity index (χ2v) is 6.79. The molecule has 0 amide bonds. The van der Waals surface area contributed by atoms with Crippen molar-refractivity contribution in [1.82, 2.24) is 15.0 Å². The second-order valence-electron chi connectivity index (χ2n) is 5.08. The fourth-order valence-electron chi connectivity index (χ4n) is 1.91. The summed E-state index contributed by atoms with van der Waals surface area (Å²) in [4.78, 5) is 3.26. The normalized spacial score (nSPS) is 20.3. The molecule has 0 aliphatic carbocycles. The van der Waals surface area contributed by atoms with E-state index in [1.165, 1.54) is 6.20 Å². The molecule has 0 aromatic carbocycles. The van der Waals surface area contributed by atoms with Crippen LogP contribution in [0.2, 0.25) is 0 Å². The molecule has 0 bridgehead atoms. The quantitative estimate of drug-likeness (QED) is 0.715. The van der Waals surface area contributed by atoms with E-state index in [2.05, 4.69) is 15.0 Å². The predicted molar refractivity (Wildman–Crippen MR) is 72.3 cm³/mol. The van der Waals surface area contributed by atoms with Gasteiger partial charge in [-0.3, -0.25) is 0 Å². The molecule has 1 unspecified atom stereocenters. The molecule has 108 valence electrons. The van der Waals surface area contributed by atoms with E-state index in [-0.39, 0.29) is 10.9 Å². The number of aromatic amines is 1. The van der Waals surface area contributed by atoms with Gasteiger partial charge < -0.3 is 15.0 Å². The van der Waals surface area contributed by atoms with Gasteiger partial charge in [0.25, 0.3) is 0 Å². The molecule has 1 aliphatic rings. The largest absolute Gasteiger partial charge is 0.380 e. The zero-order valence-electron chi connectivity index (χ0n) is 11.3. The lowest BCUT2D eigenvalue weighted by Gasteiger charge is -2.09. The summed E-state index contributed by atoms with van der Waals surface area (Å²) in [7, 11) is -3.45. The van der Waals surface area contributed by atoms with Crippen molar-refractivity contribution >= 4 is 10.0 Å². The molecule has 1 saturated heterocycles. The van der Waals surface area contributed by atoms with Crippen LogP contribution in [-0.4, -0.2) is 38.7 Å². The van der Waals surface area contributed by atoms with E-state index in [1.807, 2.05) is 13.8 Å². The Bertz CT molecular complexity index is 504. The number of rotatable bonds is 6. The van der Waals surface area contributed by atoms with Crippen LogP contribution in [0.15, 0.2) is 17.2 Å². The summed E-state index contributed by atoms with van der Waals surface area (Å²) < 4.78 is 32.1. The first-order chi connectivity index (χ1) is 8.97. The fraction of sp³-hybridized carbons (Fsp3) is 0.667. The molecule has 1 fully saturated rings. The number of sulfonamides is 1. The average Bonchev–Trinajstić information content (AvgIpc) is 2.96. The van der Waals surface area contributed by atoms with Crippen molar-refractivity contribution < 1.29 is 13.2 Å². The monoisotopic (exact) mass is 287 g/mol. The van der Waals surface area contributed by atoms with Gasteiger partial charge >= 0.3 is 0 Å². The molecule has 19 heavy (non-hydrogen) atoms. The molecule has 6 nitrogen and oxygen atoms in total. The topological polar surface area (TPSA) is 83.2 Å². The maximum absolute atomic E-state index is 12.1. The van der Waals surface area contributed by atoms with Gasteiger partial charge in [0.05, 0.1) is 11.5 Å². The first-order valence-corrected chi connectivity index (χ1v) is 7.96. The summed E-state index contributed by atoms with van der Waals surface area (Å²) in [5.41, 5.74) is 0.858. The third-order valence-corrected chi connectivity index (χ3v) is 4.48. The molecule has 1 aliphatic heterocycles. The molecule has 1 aromatic rings. The van der Waals surface area contributed by atoms with Crippen LogP contribution in [0.1, 0.15) is 26.0 Å². The van der Waals surface area contributed by atoms with Gasteiger partial charge in [0.15, 0.2) is 0 Å². The van der Waals surface area contributed by atoms with Crippen LogP contribution in [0.25, 0.3) is 0 Å².